The molecular weight excluding hydrogens is 210 g/mol. The van der Waals surface area contributed by atoms with Crippen molar-refractivity contribution in [3.8, 4) is 6.07 Å². The van der Waals surface area contributed by atoms with E-state index in [0.717, 1.165) is 0 Å². The first-order chi connectivity index (χ1) is 6.60. The molecule has 0 saturated heterocycles. The van der Waals surface area contributed by atoms with Crippen molar-refractivity contribution in [3.63, 3.8) is 0 Å². The molecular formula is C9H7ClF2N2. The Kier molecular flexibility index (Phi) is 3.37. The second kappa shape index (κ2) is 4.34. The number of alkyl halides is 3. The topological polar surface area (TPSA) is 36.7 Å². The normalized spacial score (nSPS) is 10.3. The van der Waals surface area contributed by atoms with Gasteiger partial charge in [-0.2, -0.15) is 5.26 Å². The van der Waals surface area contributed by atoms with Crippen LogP contribution in [0.5, 0.6) is 0 Å². The van der Waals surface area contributed by atoms with Gasteiger partial charge in [0, 0.05) is 5.88 Å². The first-order valence-corrected chi connectivity index (χ1v) is 4.38. The van der Waals surface area contributed by atoms with Crippen molar-refractivity contribution in [3.05, 3.63) is 28.6 Å². The van der Waals surface area contributed by atoms with Crippen LogP contribution in [-0.4, -0.2) is 4.98 Å². The Bertz CT molecular complexity index is 385. The highest BCUT2D eigenvalue weighted by Gasteiger charge is 2.14. The van der Waals surface area contributed by atoms with Gasteiger partial charge in [-0.15, -0.1) is 11.6 Å². The van der Waals surface area contributed by atoms with Gasteiger partial charge in [-0.1, -0.05) is 0 Å². The molecule has 74 valence electrons. The minimum atomic E-state index is -2.64. The van der Waals surface area contributed by atoms with Gasteiger partial charge in [0.25, 0.3) is 6.43 Å². The third kappa shape index (κ3) is 1.99. The monoisotopic (exact) mass is 216 g/mol. The summed E-state index contributed by atoms with van der Waals surface area (Å²) in [4.78, 5) is 3.62. The molecule has 1 aromatic rings. The number of rotatable bonds is 2. The molecule has 1 heterocycles. The lowest BCUT2D eigenvalue weighted by Gasteiger charge is -2.06. The number of hydrogen-bond donors (Lipinski definition) is 0. The average molecular weight is 217 g/mol. The minimum absolute atomic E-state index is 0.0337. The first kappa shape index (κ1) is 10.9. The van der Waals surface area contributed by atoms with Gasteiger partial charge in [-0.25, -0.2) is 8.78 Å². The van der Waals surface area contributed by atoms with Crippen LogP contribution < -0.4 is 0 Å². The molecule has 0 radical (unpaired) electrons. The van der Waals surface area contributed by atoms with Gasteiger partial charge in [-0.3, -0.25) is 4.98 Å². The molecule has 0 aromatic carbocycles. The van der Waals surface area contributed by atoms with E-state index in [1.54, 1.807) is 0 Å². The predicted octanol–water partition coefficient (Wildman–Crippen LogP) is 2.94. The zero-order valence-electron chi connectivity index (χ0n) is 7.39. The second-order valence-corrected chi connectivity index (χ2v) is 2.98. The molecule has 1 rings (SSSR count). The standard InChI is InChI=1S/C9H7ClF2N2/c1-5-7(4-13)6(3-10)2-8(14-5)9(11)12/h2,9H,3H2,1H3. The number of hydrogen-bond acceptors (Lipinski definition) is 2. The molecule has 0 spiro atoms. The number of halogens is 3. The van der Waals surface area contributed by atoms with Crippen molar-refractivity contribution in [1.29, 1.82) is 5.26 Å². The summed E-state index contributed by atoms with van der Waals surface area (Å²) in [5.74, 6) is 0.0337. The highest BCUT2D eigenvalue weighted by atomic mass is 35.5. The molecule has 0 atom stereocenters. The lowest BCUT2D eigenvalue weighted by Crippen LogP contribution is -2.00. The summed E-state index contributed by atoms with van der Waals surface area (Å²) < 4.78 is 24.6. The number of nitriles is 1. The molecule has 0 aliphatic rings. The van der Waals surface area contributed by atoms with Crippen LogP contribution in [0.25, 0.3) is 0 Å². The molecule has 0 saturated carbocycles. The quantitative estimate of drug-likeness (QED) is 0.713. The Labute approximate surface area is 85.1 Å². The fourth-order valence-electron chi connectivity index (χ4n) is 1.13. The van der Waals surface area contributed by atoms with Gasteiger partial charge in [0.2, 0.25) is 0 Å². The van der Waals surface area contributed by atoms with Crippen molar-refractivity contribution >= 4 is 11.6 Å². The van der Waals surface area contributed by atoms with Gasteiger partial charge in [0.05, 0.1) is 11.3 Å². The van der Waals surface area contributed by atoms with Crippen LogP contribution in [-0.2, 0) is 5.88 Å². The van der Waals surface area contributed by atoms with E-state index in [1.165, 1.54) is 13.0 Å². The minimum Gasteiger partial charge on any atom is -0.251 e. The average Bonchev–Trinajstić information content (AvgIpc) is 2.16. The van der Waals surface area contributed by atoms with Crippen molar-refractivity contribution < 1.29 is 8.78 Å². The van der Waals surface area contributed by atoms with Crippen molar-refractivity contribution in [1.82, 2.24) is 4.98 Å². The zero-order chi connectivity index (χ0) is 10.7. The summed E-state index contributed by atoms with van der Waals surface area (Å²) >= 11 is 5.54. The van der Waals surface area contributed by atoms with E-state index in [4.69, 9.17) is 16.9 Å². The van der Waals surface area contributed by atoms with Crippen LogP contribution in [0.15, 0.2) is 6.07 Å². The molecule has 14 heavy (non-hydrogen) atoms. The van der Waals surface area contributed by atoms with E-state index in [1.807, 2.05) is 6.07 Å². The SMILES string of the molecule is Cc1nc(C(F)F)cc(CCl)c1C#N. The maximum Gasteiger partial charge on any atom is 0.280 e. The van der Waals surface area contributed by atoms with E-state index >= 15 is 0 Å². The van der Waals surface area contributed by atoms with E-state index < -0.39 is 6.43 Å². The van der Waals surface area contributed by atoms with E-state index in [9.17, 15) is 8.78 Å². The van der Waals surface area contributed by atoms with E-state index in [2.05, 4.69) is 4.98 Å². The fraction of sp³-hybridized carbons (Fsp3) is 0.333. The number of pyridine rings is 1. The Morgan fingerprint density at radius 2 is 2.29 bits per heavy atom. The third-order valence-corrected chi connectivity index (χ3v) is 2.07. The van der Waals surface area contributed by atoms with Crippen molar-refractivity contribution in [2.75, 3.05) is 0 Å². The number of aromatic nitrogens is 1. The van der Waals surface area contributed by atoms with Gasteiger partial charge < -0.3 is 0 Å². The highest BCUT2D eigenvalue weighted by Crippen LogP contribution is 2.22. The summed E-state index contributed by atoms with van der Waals surface area (Å²) in [6, 6.07) is 3.06. The molecule has 0 fully saturated rings. The molecule has 0 N–H and O–H groups in total. The van der Waals surface area contributed by atoms with E-state index in [0.29, 0.717) is 11.3 Å². The maximum atomic E-state index is 12.3. The van der Waals surface area contributed by atoms with Gasteiger partial charge >= 0.3 is 0 Å². The summed E-state index contributed by atoms with van der Waals surface area (Å²) in [5.41, 5.74) is 0.638. The third-order valence-electron chi connectivity index (χ3n) is 1.78. The van der Waals surface area contributed by atoms with Crippen LogP contribution in [0.1, 0.15) is 28.9 Å². The summed E-state index contributed by atoms with van der Waals surface area (Å²) in [6.45, 7) is 1.51. The molecule has 5 heteroatoms. The Balaban J connectivity index is 3.33. The molecule has 0 bridgehead atoms. The van der Waals surface area contributed by atoms with Gasteiger partial charge in [0.1, 0.15) is 11.8 Å². The van der Waals surface area contributed by atoms with Crippen LogP contribution >= 0.6 is 11.6 Å². The first-order valence-electron chi connectivity index (χ1n) is 3.84. The number of nitrogens with zero attached hydrogens (tertiary/aromatic N) is 2. The highest BCUT2D eigenvalue weighted by molar-refractivity contribution is 6.17. The van der Waals surface area contributed by atoms with Crippen molar-refractivity contribution in [2.45, 2.75) is 19.2 Å². The van der Waals surface area contributed by atoms with Gasteiger partial charge in [-0.05, 0) is 18.6 Å². The fourth-order valence-corrected chi connectivity index (χ4v) is 1.35. The second-order valence-electron chi connectivity index (χ2n) is 2.71. The van der Waals surface area contributed by atoms with E-state index in [-0.39, 0.29) is 17.1 Å². The summed E-state index contributed by atoms with van der Waals surface area (Å²) in [6.07, 6.45) is -2.64. The molecule has 0 amide bonds. The maximum absolute atomic E-state index is 12.3. The number of aryl methyl sites for hydroxylation is 1. The Morgan fingerprint density at radius 3 is 2.71 bits per heavy atom. The molecule has 0 aliphatic carbocycles. The van der Waals surface area contributed by atoms with Gasteiger partial charge in [0.15, 0.2) is 0 Å². The van der Waals surface area contributed by atoms with Crippen LogP contribution in [0.4, 0.5) is 8.78 Å². The smallest absolute Gasteiger partial charge is 0.251 e. The molecule has 2 nitrogen and oxygen atoms in total. The Morgan fingerprint density at radius 1 is 1.64 bits per heavy atom. The summed E-state index contributed by atoms with van der Waals surface area (Å²) in [5, 5.41) is 8.72. The summed E-state index contributed by atoms with van der Waals surface area (Å²) in [7, 11) is 0. The van der Waals surface area contributed by atoms with Crippen LogP contribution in [0.2, 0.25) is 0 Å². The lowest BCUT2D eigenvalue weighted by atomic mass is 10.1. The lowest BCUT2D eigenvalue weighted by molar-refractivity contribution is 0.146. The zero-order valence-corrected chi connectivity index (χ0v) is 8.15. The van der Waals surface area contributed by atoms with Crippen LogP contribution in [0, 0.1) is 18.3 Å². The molecule has 0 aliphatic heterocycles. The molecule has 0 unspecified atom stereocenters. The Hall–Kier alpha value is -1.21. The van der Waals surface area contributed by atoms with Crippen molar-refractivity contribution in [2.24, 2.45) is 0 Å². The predicted molar refractivity (Wildman–Crippen MR) is 48.2 cm³/mol. The largest absolute Gasteiger partial charge is 0.280 e. The van der Waals surface area contributed by atoms with Crippen LogP contribution in [0.3, 0.4) is 0 Å². The molecule has 1 aromatic heterocycles.